The molecule has 10 heteroatoms. The van der Waals surface area contributed by atoms with Gasteiger partial charge in [0, 0.05) is 33.4 Å². The first-order valence-electron chi connectivity index (χ1n) is 12.1. The normalized spacial score (nSPS) is 10.4. The third kappa shape index (κ3) is 6.02. The highest BCUT2D eigenvalue weighted by Gasteiger charge is 2.23. The SMILES string of the molecule is O=C(O)c1ccc(C(=O)C(=O)c2ccc(C(=O)C(=O)c3ccc(C(=O)C(=O)c4ccc(C(=O)O)cc4)cc3)cc2)cc1. The van der Waals surface area contributed by atoms with Crippen LogP contribution in [0.1, 0.15) is 82.9 Å². The van der Waals surface area contributed by atoms with Crippen molar-refractivity contribution in [2.75, 3.05) is 0 Å². The quantitative estimate of drug-likeness (QED) is 0.198. The van der Waals surface area contributed by atoms with Gasteiger partial charge in [-0.2, -0.15) is 0 Å². The maximum Gasteiger partial charge on any atom is 0.335 e. The molecule has 0 radical (unpaired) electrons. The van der Waals surface area contributed by atoms with E-state index in [0.717, 1.165) is 0 Å². The zero-order chi connectivity index (χ0) is 30.6. The minimum atomic E-state index is -1.18. The molecule has 0 aromatic heterocycles. The largest absolute Gasteiger partial charge is 0.478 e. The highest BCUT2D eigenvalue weighted by molar-refractivity contribution is 6.51. The van der Waals surface area contributed by atoms with Crippen LogP contribution in [0.3, 0.4) is 0 Å². The first-order chi connectivity index (χ1) is 20.0. The van der Waals surface area contributed by atoms with E-state index in [-0.39, 0.29) is 44.5 Å². The summed E-state index contributed by atoms with van der Waals surface area (Å²) in [5.41, 5.74) is -0.338. The average Bonchev–Trinajstić information content (AvgIpc) is 3.02. The maximum atomic E-state index is 12.7. The molecule has 0 aliphatic rings. The fraction of sp³-hybridized carbons (Fsp3) is 0. The van der Waals surface area contributed by atoms with E-state index in [2.05, 4.69) is 0 Å². The summed E-state index contributed by atoms with van der Waals surface area (Å²) in [5, 5.41) is 17.9. The summed E-state index contributed by atoms with van der Waals surface area (Å²) in [5.74, 6) is -7.75. The van der Waals surface area contributed by atoms with Gasteiger partial charge in [0.15, 0.2) is 0 Å². The molecule has 0 bridgehead atoms. The van der Waals surface area contributed by atoms with E-state index in [4.69, 9.17) is 10.2 Å². The summed E-state index contributed by atoms with van der Waals surface area (Å²) in [6, 6.07) is 19.3. The van der Waals surface area contributed by atoms with Crippen molar-refractivity contribution in [3.05, 3.63) is 142 Å². The molecule has 2 N–H and O–H groups in total. The molecule has 42 heavy (non-hydrogen) atoms. The predicted octanol–water partition coefficient (Wildman–Crippen LogP) is 4.28. The van der Waals surface area contributed by atoms with Crippen molar-refractivity contribution < 1.29 is 48.6 Å². The highest BCUT2D eigenvalue weighted by atomic mass is 16.4. The minimum absolute atomic E-state index is 0.0138. The number of ketones is 6. The van der Waals surface area contributed by atoms with Gasteiger partial charge in [0.25, 0.3) is 0 Å². The number of aromatic carboxylic acids is 2. The van der Waals surface area contributed by atoms with Gasteiger partial charge in [0.1, 0.15) is 0 Å². The molecule has 4 rings (SSSR count). The number of carboxylic acids is 2. The maximum absolute atomic E-state index is 12.7. The molecule has 0 saturated heterocycles. The number of hydrogen-bond donors (Lipinski definition) is 2. The molecule has 206 valence electrons. The molecule has 0 aliphatic carbocycles. The van der Waals surface area contributed by atoms with E-state index in [9.17, 15) is 38.4 Å². The van der Waals surface area contributed by atoms with Crippen molar-refractivity contribution in [3.8, 4) is 0 Å². The summed E-state index contributed by atoms with van der Waals surface area (Å²) >= 11 is 0. The van der Waals surface area contributed by atoms with Gasteiger partial charge in [0.05, 0.1) is 11.1 Å². The first kappa shape index (κ1) is 28.8. The van der Waals surface area contributed by atoms with E-state index in [1.54, 1.807) is 0 Å². The standard InChI is InChI=1S/C32H18O10/c33-25(17-1-5-19(6-2-17)27(35)29(37)21-9-13-23(14-10-21)31(39)40)26(34)18-3-7-20(8-4-18)28(36)30(38)22-11-15-24(16-12-22)32(41)42/h1-16H,(H,39,40)(H,41,42). The van der Waals surface area contributed by atoms with Gasteiger partial charge in [-0.15, -0.1) is 0 Å². The molecular formula is C32H18O10. The van der Waals surface area contributed by atoms with Gasteiger partial charge in [-0.05, 0) is 24.3 Å². The van der Waals surface area contributed by atoms with Gasteiger partial charge < -0.3 is 10.2 Å². The Bertz CT molecular complexity index is 1640. The van der Waals surface area contributed by atoms with Crippen LogP contribution in [-0.4, -0.2) is 56.9 Å². The Morgan fingerprint density at radius 2 is 0.381 bits per heavy atom. The van der Waals surface area contributed by atoms with E-state index in [0.29, 0.717) is 0 Å². The number of hydrogen-bond acceptors (Lipinski definition) is 8. The van der Waals surface area contributed by atoms with Gasteiger partial charge >= 0.3 is 11.9 Å². The summed E-state index contributed by atoms with van der Waals surface area (Å²) in [6.07, 6.45) is 0. The van der Waals surface area contributed by atoms with Crippen LogP contribution in [0.2, 0.25) is 0 Å². The highest BCUT2D eigenvalue weighted by Crippen LogP contribution is 2.16. The zero-order valence-corrected chi connectivity index (χ0v) is 21.4. The molecule has 0 spiro atoms. The second-order valence-electron chi connectivity index (χ2n) is 8.89. The lowest BCUT2D eigenvalue weighted by Gasteiger charge is -2.05. The molecular weight excluding hydrogens is 544 g/mol. The Labute approximate surface area is 236 Å². The molecule has 10 nitrogen and oxygen atoms in total. The topological polar surface area (TPSA) is 177 Å². The molecule has 0 atom stereocenters. The number of benzene rings is 4. The molecule has 4 aromatic carbocycles. The molecule has 0 fully saturated rings. The van der Waals surface area contributed by atoms with Gasteiger partial charge in [-0.25, -0.2) is 9.59 Å². The lowest BCUT2D eigenvalue weighted by atomic mass is 9.96. The fourth-order valence-corrected chi connectivity index (χ4v) is 3.86. The van der Waals surface area contributed by atoms with Crippen molar-refractivity contribution in [2.24, 2.45) is 0 Å². The van der Waals surface area contributed by atoms with Crippen LogP contribution in [0.5, 0.6) is 0 Å². The summed E-state index contributed by atoms with van der Waals surface area (Å²) in [6.45, 7) is 0. The van der Waals surface area contributed by atoms with Crippen molar-refractivity contribution in [1.29, 1.82) is 0 Å². The second kappa shape index (κ2) is 11.9. The number of rotatable bonds is 11. The Kier molecular flexibility index (Phi) is 8.19. The second-order valence-corrected chi connectivity index (χ2v) is 8.89. The van der Waals surface area contributed by atoms with Crippen LogP contribution >= 0.6 is 0 Å². The van der Waals surface area contributed by atoms with E-state index >= 15 is 0 Å². The lowest BCUT2D eigenvalue weighted by Crippen LogP contribution is -2.17. The fourth-order valence-electron chi connectivity index (χ4n) is 3.86. The first-order valence-corrected chi connectivity index (χ1v) is 12.1. The third-order valence-electron chi connectivity index (χ3n) is 6.23. The smallest absolute Gasteiger partial charge is 0.335 e. The number of carboxylic acid groups (broad SMARTS) is 2. The van der Waals surface area contributed by atoms with Crippen molar-refractivity contribution in [2.45, 2.75) is 0 Å². The minimum Gasteiger partial charge on any atom is -0.478 e. The Balaban J connectivity index is 1.42. The van der Waals surface area contributed by atoms with Crippen LogP contribution < -0.4 is 0 Å². The number of carbonyl (C=O) groups is 8. The van der Waals surface area contributed by atoms with E-state index < -0.39 is 46.6 Å². The number of Topliss-reactive ketones (excluding diaryl/α,β-unsaturated/α-hetero) is 6. The lowest BCUT2D eigenvalue weighted by molar-refractivity contribution is 0.0686. The molecule has 4 aromatic rings. The number of carbonyl (C=O) groups excluding carboxylic acids is 6. The molecule has 0 heterocycles. The van der Waals surface area contributed by atoms with Crippen LogP contribution in [0, 0.1) is 0 Å². The van der Waals surface area contributed by atoms with Gasteiger partial charge in [-0.1, -0.05) is 72.8 Å². The van der Waals surface area contributed by atoms with E-state index in [1.165, 1.54) is 97.1 Å². The van der Waals surface area contributed by atoms with Gasteiger partial charge in [0.2, 0.25) is 34.7 Å². The van der Waals surface area contributed by atoms with Crippen LogP contribution in [0.4, 0.5) is 0 Å². The third-order valence-corrected chi connectivity index (χ3v) is 6.23. The molecule has 0 amide bonds. The van der Waals surface area contributed by atoms with Crippen molar-refractivity contribution >= 4 is 46.6 Å². The summed E-state index contributed by atoms with van der Waals surface area (Å²) in [4.78, 5) is 97.5. The summed E-state index contributed by atoms with van der Waals surface area (Å²) < 4.78 is 0. The van der Waals surface area contributed by atoms with Crippen molar-refractivity contribution in [1.82, 2.24) is 0 Å². The summed E-state index contributed by atoms with van der Waals surface area (Å²) in [7, 11) is 0. The molecule has 0 saturated carbocycles. The Morgan fingerprint density at radius 3 is 0.500 bits per heavy atom. The van der Waals surface area contributed by atoms with Crippen LogP contribution in [-0.2, 0) is 0 Å². The zero-order valence-electron chi connectivity index (χ0n) is 21.4. The Hall–Kier alpha value is -6.16. The van der Waals surface area contributed by atoms with Gasteiger partial charge in [-0.3, -0.25) is 28.8 Å². The van der Waals surface area contributed by atoms with Crippen LogP contribution in [0.15, 0.2) is 97.1 Å². The average molecular weight is 562 g/mol. The van der Waals surface area contributed by atoms with Crippen LogP contribution in [0.25, 0.3) is 0 Å². The monoisotopic (exact) mass is 562 g/mol. The molecule has 0 aliphatic heterocycles. The molecule has 0 unspecified atom stereocenters. The Morgan fingerprint density at radius 1 is 0.262 bits per heavy atom. The predicted molar refractivity (Wildman–Crippen MR) is 146 cm³/mol. The van der Waals surface area contributed by atoms with Crippen molar-refractivity contribution in [3.63, 3.8) is 0 Å². The van der Waals surface area contributed by atoms with E-state index in [1.807, 2.05) is 0 Å².